The fourth-order valence-electron chi connectivity index (χ4n) is 2.82. The molecule has 0 radical (unpaired) electrons. The maximum Gasteiger partial charge on any atom is 0.185 e. The fraction of sp³-hybridized carbons (Fsp3) is 0.714. The van der Waals surface area contributed by atoms with Crippen molar-refractivity contribution in [3.63, 3.8) is 0 Å². The number of aromatic nitrogens is 2. The summed E-state index contributed by atoms with van der Waals surface area (Å²) in [7, 11) is 0. The molecule has 1 heterocycles. The van der Waals surface area contributed by atoms with Crippen LogP contribution in [0.1, 0.15) is 56.1 Å². The topological polar surface area (TPSA) is 60.9 Å². The van der Waals surface area contributed by atoms with Gasteiger partial charge < -0.3 is 5.73 Å². The highest BCUT2D eigenvalue weighted by atomic mass is 79.9. The van der Waals surface area contributed by atoms with Gasteiger partial charge in [0.1, 0.15) is 5.69 Å². The van der Waals surface area contributed by atoms with Crippen molar-refractivity contribution in [2.24, 2.45) is 17.6 Å². The average Bonchev–Trinajstić information content (AvgIpc) is 2.80. The van der Waals surface area contributed by atoms with Crippen LogP contribution in [0.25, 0.3) is 0 Å². The number of rotatable bonds is 4. The molecule has 0 saturated heterocycles. The van der Waals surface area contributed by atoms with Gasteiger partial charge in [-0.15, -0.1) is 0 Å². The third kappa shape index (κ3) is 3.08. The van der Waals surface area contributed by atoms with Gasteiger partial charge in [0.15, 0.2) is 5.78 Å². The minimum absolute atomic E-state index is 0.133. The maximum absolute atomic E-state index is 12.7. The molecule has 1 fully saturated rings. The molecule has 0 unspecified atom stereocenters. The molecule has 0 bridgehead atoms. The quantitative estimate of drug-likeness (QED) is 0.864. The van der Waals surface area contributed by atoms with E-state index in [0.717, 1.165) is 42.4 Å². The number of ketones is 1. The van der Waals surface area contributed by atoms with E-state index < -0.39 is 0 Å². The van der Waals surface area contributed by atoms with Crippen LogP contribution in [0.5, 0.6) is 0 Å². The van der Waals surface area contributed by atoms with Crippen molar-refractivity contribution in [3.05, 3.63) is 16.4 Å². The van der Waals surface area contributed by atoms with Gasteiger partial charge in [0.05, 0.1) is 10.7 Å². The Morgan fingerprint density at radius 1 is 1.47 bits per heavy atom. The zero-order chi connectivity index (χ0) is 14.0. The van der Waals surface area contributed by atoms with Gasteiger partial charge in [-0.2, -0.15) is 5.10 Å². The highest BCUT2D eigenvalue weighted by molar-refractivity contribution is 9.10. The van der Waals surface area contributed by atoms with Crippen LogP contribution in [0.15, 0.2) is 10.7 Å². The maximum atomic E-state index is 12.7. The standard InChI is InChI=1S/C14H22BrN3O/c1-9(2)18-13(12(15)8-17-18)14(19)11-5-3-10(7-16)4-6-11/h8-11H,3-7,16H2,1-2H3. The Morgan fingerprint density at radius 3 is 2.63 bits per heavy atom. The second-order valence-corrected chi connectivity index (χ2v) is 6.55. The molecule has 0 spiro atoms. The van der Waals surface area contributed by atoms with Crippen LogP contribution in [-0.2, 0) is 0 Å². The van der Waals surface area contributed by atoms with E-state index in [2.05, 4.69) is 21.0 Å². The average molecular weight is 328 g/mol. The molecular formula is C14H22BrN3O. The normalized spacial score (nSPS) is 23.8. The number of halogens is 1. The molecule has 4 nitrogen and oxygen atoms in total. The summed E-state index contributed by atoms with van der Waals surface area (Å²) in [6.45, 7) is 4.83. The minimum atomic E-state index is 0.133. The van der Waals surface area contributed by atoms with Crippen molar-refractivity contribution in [3.8, 4) is 0 Å². The van der Waals surface area contributed by atoms with E-state index in [0.29, 0.717) is 5.92 Å². The number of Topliss-reactive ketones (excluding diaryl/α,β-unsaturated/α-hetero) is 1. The van der Waals surface area contributed by atoms with E-state index in [-0.39, 0.29) is 17.7 Å². The van der Waals surface area contributed by atoms with Crippen molar-refractivity contribution < 1.29 is 4.79 Å². The summed E-state index contributed by atoms with van der Waals surface area (Å²) in [5.41, 5.74) is 6.43. The molecule has 5 heteroatoms. The van der Waals surface area contributed by atoms with Gasteiger partial charge in [0.25, 0.3) is 0 Å². The molecule has 1 saturated carbocycles. The number of hydrogen-bond acceptors (Lipinski definition) is 3. The first-order valence-corrected chi connectivity index (χ1v) is 7.81. The molecule has 0 aliphatic heterocycles. The summed E-state index contributed by atoms with van der Waals surface area (Å²) < 4.78 is 2.63. The fourth-order valence-corrected chi connectivity index (χ4v) is 3.29. The van der Waals surface area contributed by atoms with E-state index in [9.17, 15) is 4.79 Å². The van der Waals surface area contributed by atoms with E-state index in [1.165, 1.54) is 0 Å². The molecule has 106 valence electrons. The van der Waals surface area contributed by atoms with Crippen LogP contribution in [0.2, 0.25) is 0 Å². The van der Waals surface area contributed by atoms with Gasteiger partial charge in [0.2, 0.25) is 0 Å². The molecule has 19 heavy (non-hydrogen) atoms. The molecule has 1 aliphatic rings. The largest absolute Gasteiger partial charge is 0.330 e. The molecule has 2 N–H and O–H groups in total. The zero-order valence-corrected chi connectivity index (χ0v) is 13.2. The Kier molecular flexibility index (Phi) is 4.79. The number of nitrogens with two attached hydrogens (primary N) is 1. The zero-order valence-electron chi connectivity index (χ0n) is 11.6. The SMILES string of the molecule is CC(C)n1ncc(Br)c1C(=O)C1CCC(CN)CC1. The summed E-state index contributed by atoms with van der Waals surface area (Å²) in [5, 5.41) is 4.29. The Bertz CT molecular complexity index is 448. The van der Waals surface area contributed by atoms with E-state index >= 15 is 0 Å². The van der Waals surface area contributed by atoms with E-state index in [4.69, 9.17) is 5.73 Å². The van der Waals surface area contributed by atoms with Crippen LogP contribution >= 0.6 is 15.9 Å². The van der Waals surface area contributed by atoms with Crippen LogP contribution in [-0.4, -0.2) is 22.1 Å². The Morgan fingerprint density at radius 2 is 2.11 bits per heavy atom. The summed E-state index contributed by atoms with van der Waals surface area (Å²) >= 11 is 3.45. The molecule has 1 aromatic rings. The van der Waals surface area contributed by atoms with Crippen molar-refractivity contribution in [1.29, 1.82) is 0 Å². The lowest BCUT2D eigenvalue weighted by atomic mass is 9.79. The number of hydrogen-bond donors (Lipinski definition) is 1. The second kappa shape index (κ2) is 6.18. The number of nitrogens with zero attached hydrogens (tertiary/aromatic N) is 2. The number of carbonyl (C=O) groups excluding carboxylic acids is 1. The predicted octanol–water partition coefficient (Wildman–Crippen LogP) is 3.17. The van der Waals surface area contributed by atoms with E-state index in [1.54, 1.807) is 6.20 Å². The molecule has 0 atom stereocenters. The summed E-state index contributed by atoms with van der Waals surface area (Å²) in [5.74, 6) is 0.962. The lowest BCUT2D eigenvalue weighted by Gasteiger charge is -2.27. The van der Waals surface area contributed by atoms with E-state index in [1.807, 2.05) is 18.5 Å². The summed E-state index contributed by atoms with van der Waals surface area (Å²) in [6.07, 6.45) is 5.77. The molecule has 2 rings (SSSR count). The van der Waals surface area contributed by atoms with Crippen LogP contribution in [0, 0.1) is 11.8 Å². The Labute approximate surface area is 122 Å². The van der Waals surface area contributed by atoms with Gasteiger partial charge in [-0.25, -0.2) is 0 Å². The smallest absolute Gasteiger partial charge is 0.185 e. The van der Waals surface area contributed by atoms with Crippen molar-refractivity contribution >= 4 is 21.7 Å². The monoisotopic (exact) mass is 327 g/mol. The van der Waals surface area contributed by atoms with Crippen LogP contribution in [0.3, 0.4) is 0 Å². The lowest BCUT2D eigenvalue weighted by molar-refractivity contribution is 0.0859. The number of carbonyl (C=O) groups is 1. The van der Waals surface area contributed by atoms with Crippen molar-refractivity contribution in [1.82, 2.24) is 9.78 Å². The Hall–Kier alpha value is -0.680. The second-order valence-electron chi connectivity index (χ2n) is 5.70. The first-order chi connectivity index (χ1) is 9.04. The van der Waals surface area contributed by atoms with Crippen LogP contribution in [0.4, 0.5) is 0 Å². The third-order valence-electron chi connectivity index (χ3n) is 4.02. The summed E-state index contributed by atoms with van der Waals surface area (Å²) in [6, 6.07) is 0.200. The molecule has 0 amide bonds. The third-order valence-corrected chi connectivity index (χ3v) is 4.60. The van der Waals surface area contributed by atoms with Crippen molar-refractivity contribution in [2.75, 3.05) is 6.54 Å². The highest BCUT2D eigenvalue weighted by Crippen LogP contribution is 2.32. The molecule has 0 aromatic carbocycles. The molecule has 1 aliphatic carbocycles. The first-order valence-electron chi connectivity index (χ1n) is 7.01. The van der Waals surface area contributed by atoms with Gasteiger partial charge in [-0.1, -0.05) is 0 Å². The van der Waals surface area contributed by atoms with Crippen LogP contribution < -0.4 is 5.73 Å². The first kappa shape index (κ1) is 14.7. The van der Waals surface area contributed by atoms with Gasteiger partial charge in [-0.05, 0) is 67.9 Å². The van der Waals surface area contributed by atoms with Gasteiger partial charge >= 0.3 is 0 Å². The lowest BCUT2D eigenvalue weighted by Crippen LogP contribution is -2.27. The van der Waals surface area contributed by atoms with Crippen molar-refractivity contribution in [2.45, 2.75) is 45.6 Å². The highest BCUT2D eigenvalue weighted by Gasteiger charge is 2.30. The minimum Gasteiger partial charge on any atom is -0.330 e. The summed E-state index contributed by atoms with van der Waals surface area (Å²) in [4.78, 5) is 12.7. The Balaban J connectivity index is 2.14. The molecular weight excluding hydrogens is 306 g/mol. The van der Waals surface area contributed by atoms with Gasteiger partial charge in [0, 0.05) is 12.0 Å². The van der Waals surface area contributed by atoms with Gasteiger partial charge in [-0.3, -0.25) is 9.48 Å². The predicted molar refractivity (Wildman–Crippen MR) is 79.1 cm³/mol. The molecule has 1 aromatic heterocycles.